The highest BCUT2D eigenvalue weighted by Gasteiger charge is 2.18. The molecule has 0 unspecified atom stereocenters. The van der Waals surface area contributed by atoms with Crippen molar-refractivity contribution in [1.29, 1.82) is 0 Å². The maximum atomic E-state index is 12.8. The monoisotopic (exact) mass is 323 g/mol. The molecule has 0 atom stereocenters. The molecule has 0 aliphatic rings. The zero-order chi connectivity index (χ0) is 17.1. The van der Waals surface area contributed by atoms with Crippen LogP contribution in [0.5, 0.6) is 5.75 Å². The number of nitrogen functional groups attached to an aromatic ring is 1. The summed E-state index contributed by atoms with van der Waals surface area (Å²) in [5, 5.41) is 0.666. The van der Waals surface area contributed by atoms with Crippen LogP contribution in [0.3, 0.4) is 0 Å². The Morgan fingerprint density at radius 1 is 1.12 bits per heavy atom. The van der Waals surface area contributed by atoms with Gasteiger partial charge in [0, 0.05) is 17.1 Å². The van der Waals surface area contributed by atoms with Crippen LogP contribution in [0.1, 0.15) is 27.6 Å². The number of carbonyl (C=O) groups is 2. The highest BCUT2D eigenvalue weighted by Crippen LogP contribution is 2.23. The molecule has 0 saturated heterocycles. The molecule has 1 aromatic heterocycles. The minimum atomic E-state index is -0.440. The molecule has 1 amide bonds. The van der Waals surface area contributed by atoms with Gasteiger partial charge in [0.25, 0.3) is 11.8 Å². The average Bonchev–Trinajstić information content (AvgIpc) is 3.01. The number of fused-ring (bicyclic) bond motifs is 1. The van der Waals surface area contributed by atoms with E-state index in [1.54, 1.807) is 42.5 Å². The molecule has 0 saturated carbocycles. The van der Waals surface area contributed by atoms with Crippen molar-refractivity contribution < 1.29 is 14.3 Å². The zero-order valence-electron chi connectivity index (χ0n) is 13.2. The van der Waals surface area contributed by atoms with Crippen molar-refractivity contribution >= 4 is 22.7 Å². The van der Waals surface area contributed by atoms with Gasteiger partial charge in [-0.1, -0.05) is 18.2 Å². The van der Waals surface area contributed by atoms with Gasteiger partial charge in [-0.25, -0.2) is 5.84 Å². The summed E-state index contributed by atoms with van der Waals surface area (Å²) in [7, 11) is 0. The van der Waals surface area contributed by atoms with Gasteiger partial charge in [-0.15, -0.1) is 0 Å². The second kappa shape index (κ2) is 6.55. The lowest BCUT2D eigenvalue weighted by atomic mass is 10.1. The van der Waals surface area contributed by atoms with Crippen molar-refractivity contribution in [1.82, 2.24) is 9.99 Å². The molecule has 0 aliphatic heterocycles. The molecule has 6 heteroatoms. The first-order chi connectivity index (χ1) is 11.7. The first-order valence-electron chi connectivity index (χ1n) is 7.54. The molecule has 2 aromatic carbocycles. The Hall–Kier alpha value is -3.12. The predicted octanol–water partition coefficient (Wildman–Crippen LogP) is 2.33. The maximum absolute atomic E-state index is 12.8. The summed E-state index contributed by atoms with van der Waals surface area (Å²) in [5.41, 5.74) is 3.61. The van der Waals surface area contributed by atoms with Crippen LogP contribution in [-0.2, 0) is 0 Å². The van der Waals surface area contributed by atoms with E-state index in [0.717, 1.165) is 0 Å². The van der Waals surface area contributed by atoms with E-state index in [4.69, 9.17) is 10.6 Å². The summed E-state index contributed by atoms with van der Waals surface area (Å²) in [6, 6.07) is 14.1. The Balaban J connectivity index is 2.05. The smallest absolute Gasteiger partial charge is 0.267 e. The van der Waals surface area contributed by atoms with E-state index >= 15 is 0 Å². The van der Waals surface area contributed by atoms with E-state index in [-0.39, 0.29) is 5.91 Å². The van der Waals surface area contributed by atoms with Gasteiger partial charge < -0.3 is 4.74 Å². The lowest BCUT2D eigenvalue weighted by Gasteiger charge is -2.06. The van der Waals surface area contributed by atoms with Gasteiger partial charge in [-0.3, -0.25) is 19.6 Å². The Kier molecular flexibility index (Phi) is 4.31. The van der Waals surface area contributed by atoms with Gasteiger partial charge in [-0.05, 0) is 37.3 Å². The highest BCUT2D eigenvalue weighted by molar-refractivity contribution is 6.11. The molecule has 0 bridgehead atoms. The number of aromatic nitrogens is 1. The van der Waals surface area contributed by atoms with Crippen molar-refractivity contribution in [2.75, 3.05) is 6.61 Å². The van der Waals surface area contributed by atoms with Crippen LogP contribution in [0, 0.1) is 0 Å². The van der Waals surface area contributed by atoms with Crippen LogP contribution in [0.25, 0.3) is 10.9 Å². The Morgan fingerprint density at radius 3 is 2.50 bits per heavy atom. The number of nitrogens with zero attached hydrogens (tertiary/aromatic N) is 1. The van der Waals surface area contributed by atoms with E-state index in [9.17, 15) is 9.59 Å². The first kappa shape index (κ1) is 15.8. The van der Waals surface area contributed by atoms with Crippen molar-refractivity contribution in [3.63, 3.8) is 0 Å². The van der Waals surface area contributed by atoms with E-state index in [1.165, 1.54) is 10.8 Å². The fraction of sp³-hybridized carbons (Fsp3) is 0.111. The minimum Gasteiger partial charge on any atom is -0.494 e. The van der Waals surface area contributed by atoms with Gasteiger partial charge in [-0.2, -0.15) is 0 Å². The molecule has 0 spiro atoms. The second-order valence-corrected chi connectivity index (χ2v) is 5.17. The van der Waals surface area contributed by atoms with Crippen LogP contribution in [0.15, 0.2) is 54.7 Å². The number of benzene rings is 2. The molecule has 6 nitrogen and oxygen atoms in total. The quantitative estimate of drug-likeness (QED) is 0.438. The Bertz CT molecular complexity index is 898. The number of hydrazine groups is 1. The van der Waals surface area contributed by atoms with Crippen LogP contribution in [0.2, 0.25) is 0 Å². The van der Waals surface area contributed by atoms with E-state index < -0.39 is 5.91 Å². The maximum Gasteiger partial charge on any atom is 0.267 e. The number of rotatable bonds is 4. The van der Waals surface area contributed by atoms with Crippen LogP contribution in [0.4, 0.5) is 0 Å². The Labute approximate surface area is 138 Å². The molecule has 0 radical (unpaired) electrons. The summed E-state index contributed by atoms with van der Waals surface area (Å²) >= 11 is 0. The van der Waals surface area contributed by atoms with Crippen LogP contribution >= 0.6 is 0 Å². The lowest BCUT2D eigenvalue weighted by Crippen LogP contribution is -2.29. The number of nitrogens with two attached hydrogens (primary N) is 1. The molecule has 1 heterocycles. The van der Waals surface area contributed by atoms with E-state index in [1.807, 2.05) is 13.0 Å². The molecular weight excluding hydrogens is 306 g/mol. The second-order valence-electron chi connectivity index (χ2n) is 5.17. The van der Waals surface area contributed by atoms with Crippen molar-refractivity contribution in [3.8, 4) is 5.75 Å². The Morgan fingerprint density at radius 2 is 1.83 bits per heavy atom. The number of nitrogens with one attached hydrogen (secondary N) is 1. The van der Waals surface area contributed by atoms with Crippen LogP contribution in [-0.4, -0.2) is 23.0 Å². The number of carbonyl (C=O) groups excluding carboxylic acids is 2. The molecule has 24 heavy (non-hydrogen) atoms. The minimum absolute atomic E-state index is 0.231. The summed E-state index contributed by atoms with van der Waals surface area (Å²) in [5.74, 6) is 5.26. The van der Waals surface area contributed by atoms with Gasteiger partial charge >= 0.3 is 0 Å². The normalized spacial score (nSPS) is 10.6. The number of hydrogen-bond donors (Lipinski definition) is 2. The third kappa shape index (κ3) is 2.75. The standard InChI is InChI=1S/C18H17N3O3/c1-2-24-13-9-7-12(8-10-13)18(23)21-11-15(17(22)20-19)14-5-3-4-6-16(14)21/h3-11H,2,19H2,1H3,(H,20,22). The number of ether oxygens (including phenoxy) is 1. The summed E-state index contributed by atoms with van der Waals surface area (Å²) in [6.45, 7) is 2.46. The summed E-state index contributed by atoms with van der Waals surface area (Å²) in [4.78, 5) is 24.8. The topological polar surface area (TPSA) is 86.3 Å². The first-order valence-corrected chi connectivity index (χ1v) is 7.54. The third-order valence-corrected chi connectivity index (χ3v) is 3.72. The van der Waals surface area contributed by atoms with Crippen LogP contribution < -0.4 is 16.0 Å². The number of para-hydroxylation sites is 1. The molecule has 3 rings (SSSR count). The SMILES string of the molecule is CCOc1ccc(C(=O)n2cc(C(=O)NN)c3ccccc32)cc1. The molecule has 3 N–H and O–H groups in total. The number of hydrogen-bond acceptors (Lipinski definition) is 4. The lowest BCUT2D eigenvalue weighted by molar-refractivity contribution is 0.0955. The average molecular weight is 323 g/mol. The summed E-state index contributed by atoms with van der Waals surface area (Å²) in [6.07, 6.45) is 1.51. The third-order valence-electron chi connectivity index (χ3n) is 3.72. The van der Waals surface area contributed by atoms with Crippen molar-refractivity contribution in [2.24, 2.45) is 5.84 Å². The van der Waals surface area contributed by atoms with E-state index in [0.29, 0.717) is 34.4 Å². The molecule has 0 fully saturated rings. The van der Waals surface area contributed by atoms with Gasteiger partial charge in [0.2, 0.25) is 0 Å². The largest absolute Gasteiger partial charge is 0.494 e. The summed E-state index contributed by atoms with van der Waals surface area (Å²) < 4.78 is 6.84. The van der Waals surface area contributed by atoms with E-state index in [2.05, 4.69) is 5.43 Å². The predicted molar refractivity (Wildman–Crippen MR) is 90.9 cm³/mol. The van der Waals surface area contributed by atoms with Gasteiger partial charge in [0.05, 0.1) is 17.7 Å². The fourth-order valence-electron chi connectivity index (χ4n) is 2.61. The van der Waals surface area contributed by atoms with Gasteiger partial charge in [0.1, 0.15) is 5.75 Å². The molecule has 122 valence electrons. The van der Waals surface area contributed by atoms with Gasteiger partial charge in [0.15, 0.2) is 0 Å². The molecule has 3 aromatic rings. The molecular formula is C18H17N3O3. The highest BCUT2D eigenvalue weighted by atomic mass is 16.5. The fourth-order valence-corrected chi connectivity index (χ4v) is 2.61. The number of amides is 1. The molecule has 0 aliphatic carbocycles. The van der Waals surface area contributed by atoms with Crippen molar-refractivity contribution in [2.45, 2.75) is 6.92 Å². The zero-order valence-corrected chi connectivity index (χ0v) is 13.2. The van der Waals surface area contributed by atoms with Crippen molar-refractivity contribution in [3.05, 3.63) is 65.9 Å².